The lowest BCUT2D eigenvalue weighted by molar-refractivity contribution is -0.140. The standard InChI is InChI=1S/C27H24Cl2N2O4/c1-2-3-13-35-20-6-4-5-19(14-20)25(32)23-24(18-7-8-21(28)22(29)15-18)31(27(34)26(23)33)16-17-9-11-30-12-10-17/h4-12,14-15,24,32H,2-3,13,16H2,1H3/b25-23+. The Hall–Kier alpha value is -3.35. The Morgan fingerprint density at radius 1 is 1.06 bits per heavy atom. The summed E-state index contributed by atoms with van der Waals surface area (Å²) in [7, 11) is 0. The van der Waals surface area contributed by atoms with E-state index in [1.807, 2.05) is 0 Å². The molecule has 1 N–H and O–H groups in total. The summed E-state index contributed by atoms with van der Waals surface area (Å²) < 4.78 is 5.75. The molecule has 4 rings (SSSR count). The molecular formula is C27H24Cl2N2O4. The number of unbranched alkanes of at least 4 members (excludes halogenated alkanes) is 1. The van der Waals surface area contributed by atoms with E-state index in [0.717, 1.165) is 18.4 Å². The van der Waals surface area contributed by atoms with Gasteiger partial charge in [0.05, 0.1) is 28.3 Å². The van der Waals surface area contributed by atoms with E-state index < -0.39 is 17.7 Å². The Labute approximate surface area is 213 Å². The summed E-state index contributed by atoms with van der Waals surface area (Å²) in [6.45, 7) is 2.76. The number of benzene rings is 2. The van der Waals surface area contributed by atoms with E-state index >= 15 is 0 Å². The lowest BCUT2D eigenvalue weighted by Gasteiger charge is -2.25. The molecule has 0 bridgehead atoms. The Morgan fingerprint density at radius 3 is 2.54 bits per heavy atom. The number of carbonyl (C=O) groups excluding carboxylic acids is 2. The molecule has 8 heteroatoms. The van der Waals surface area contributed by atoms with Gasteiger partial charge in [0.15, 0.2) is 0 Å². The van der Waals surface area contributed by atoms with Gasteiger partial charge >= 0.3 is 0 Å². The van der Waals surface area contributed by atoms with Crippen LogP contribution in [0.3, 0.4) is 0 Å². The molecule has 1 amide bonds. The van der Waals surface area contributed by atoms with Crippen molar-refractivity contribution < 1.29 is 19.4 Å². The molecule has 0 aliphatic carbocycles. The van der Waals surface area contributed by atoms with Crippen molar-refractivity contribution in [1.29, 1.82) is 0 Å². The SMILES string of the molecule is CCCCOc1cccc(/C(O)=C2\C(=O)C(=O)N(Cc3ccncc3)C2c2ccc(Cl)c(Cl)c2)c1. The summed E-state index contributed by atoms with van der Waals surface area (Å²) in [5, 5.41) is 11.9. The first-order valence-electron chi connectivity index (χ1n) is 11.3. The first kappa shape index (κ1) is 24.8. The van der Waals surface area contributed by atoms with Gasteiger partial charge in [0.25, 0.3) is 11.7 Å². The normalized spacial score (nSPS) is 17.1. The molecule has 1 fully saturated rings. The van der Waals surface area contributed by atoms with Crippen molar-refractivity contribution in [3.05, 3.63) is 99.3 Å². The minimum absolute atomic E-state index is 0.0202. The van der Waals surface area contributed by atoms with Crippen LogP contribution in [-0.2, 0) is 16.1 Å². The fraction of sp³-hybridized carbons (Fsp3) is 0.222. The molecule has 35 heavy (non-hydrogen) atoms. The van der Waals surface area contributed by atoms with E-state index in [1.165, 1.54) is 4.90 Å². The molecule has 0 saturated carbocycles. The van der Waals surface area contributed by atoms with Gasteiger partial charge in [-0.2, -0.15) is 0 Å². The van der Waals surface area contributed by atoms with E-state index in [0.29, 0.717) is 28.5 Å². The van der Waals surface area contributed by atoms with Crippen LogP contribution >= 0.6 is 23.2 Å². The smallest absolute Gasteiger partial charge is 0.295 e. The summed E-state index contributed by atoms with van der Waals surface area (Å²) in [5.41, 5.74) is 1.71. The van der Waals surface area contributed by atoms with Crippen molar-refractivity contribution in [2.75, 3.05) is 6.61 Å². The van der Waals surface area contributed by atoms with E-state index in [4.69, 9.17) is 27.9 Å². The number of halogens is 2. The third-order valence-electron chi connectivity index (χ3n) is 5.78. The summed E-state index contributed by atoms with van der Waals surface area (Å²) in [6.07, 6.45) is 5.12. The first-order chi connectivity index (χ1) is 16.9. The van der Waals surface area contributed by atoms with Crippen LogP contribution in [0.1, 0.15) is 42.5 Å². The minimum atomic E-state index is -0.859. The van der Waals surface area contributed by atoms with Gasteiger partial charge in [0.1, 0.15) is 11.5 Å². The third-order valence-corrected chi connectivity index (χ3v) is 6.51. The van der Waals surface area contributed by atoms with Gasteiger partial charge in [-0.3, -0.25) is 14.6 Å². The highest BCUT2D eigenvalue weighted by Gasteiger charge is 2.46. The topological polar surface area (TPSA) is 79.7 Å². The molecule has 2 heterocycles. The molecule has 0 radical (unpaired) electrons. The number of hydrogen-bond donors (Lipinski definition) is 1. The Morgan fingerprint density at radius 2 is 1.83 bits per heavy atom. The quantitative estimate of drug-likeness (QED) is 0.169. The number of carbonyl (C=O) groups is 2. The second-order valence-corrected chi connectivity index (χ2v) is 9.00. The number of amides is 1. The number of Topliss-reactive ketones (excluding diaryl/α,β-unsaturated/α-hetero) is 1. The zero-order valence-corrected chi connectivity index (χ0v) is 20.6. The number of ketones is 1. The first-order valence-corrected chi connectivity index (χ1v) is 12.0. The van der Waals surface area contributed by atoms with Crippen LogP contribution in [0.4, 0.5) is 0 Å². The molecular weight excluding hydrogens is 487 g/mol. The molecule has 3 aromatic rings. The maximum atomic E-state index is 13.2. The summed E-state index contributed by atoms with van der Waals surface area (Å²) in [6, 6.07) is 14.4. The van der Waals surface area contributed by atoms with Crippen LogP contribution < -0.4 is 4.74 Å². The van der Waals surface area contributed by atoms with Crippen LogP contribution in [0.2, 0.25) is 10.0 Å². The van der Waals surface area contributed by atoms with Crippen molar-refractivity contribution in [3.63, 3.8) is 0 Å². The second kappa shape index (κ2) is 10.9. The Balaban J connectivity index is 1.81. The molecule has 1 aliphatic rings. The third kappa shape index (κ3) is 5.34. The van der Waals surface area contributed by atoms with Crippen LogP contribution in [0.25, 0.3) is 5.76 Å². The van der Waals surface area contributed by atoms with E-state index in [9.17, 15) is 14.7 Å². The number of aliphatic hydroxyl groups excluding tert-OH is 1. The predicted octanol–water partition coefficient (Wildman–Crippen LogP) is 6.19. The highest BCUT2D eigenvalue weighted by atomic mass is 35.5. The number of nitrogens with zero attached hydrogens (tertiary/aromatic N) is 2. The Kier molecular flexibility index (Phi) is 7.73. The number of rotatable bonds is 8. The van der Waals surface area contributed by atoms with Crippen LogP contribution in [0.5, 0.6) is 5.75 Å². The molecule has 1 atom stereocenters. The minimum Gasteiger partial charge on any atom is -0.507 e. The maximum Gasteiger partial charge on any atom is 0.295 e. The number of ether oxygens (including phenoxy) is 1. The van der Waals surface area contributed by atoms with E-state index in [2.05, 4.69) is 11.9 Å². The maximum absolute atomic E-state index is 13.2. The number of pyridine rings is 1. The largest absolute Gasteiger partial charge is 0.507 e. The fourth-order valence-corrected chi connectivity index (χ4v) is 4.29. The monoisotopic (exact) mass is 510 g/mol. The number of hydrogen-bond acceptors (Lipinski definition) is 5. The van der Waals surface area contributed by atoms with Crippen molar-refractivity contribution >= 4 is 40.7 Å². The average molecular weight is 511 g/mol. The van der Waals surface area contributed by atoms with Gasteiger partial charge in [-0.15, -0.1) is 0 Å². The number of aliphatic hydroxyl groups is 1. The molecule has 2 aromatic carbocycles. The predicted molar refractivity (Wildman–Crippen MR) is 135 cm³/mol. The summed E-state index contributed by atoms with van der Waals surface area (Å²) >= 11 is 12.4. The van der Waals surface area contributed by atoms with Crippen molar-refractivity contribution in [1.82, 2.24) is 9.88 Å². The van der Waals surface area contributed by atoms with E-state index in [-0.39, 0.29) is 22.9 Å². The van der Waals surface area contributed by atoms with Crippen LogP contribution in [-0.4, -0.2) is 33.3 Å². The molecule has 6 nitrogen and oxygen atoms in total. The molecule has 1 unspecified atom stereocenters. The van der Waals surface area contributed by atoms with Crippen molar-refractivity contribution in [2.24, 2.45) is 0 Å². The lowest BCUT2D eigenvalue weighted by Crippen LogP contribution is -2.29. The zero-order chi connectivity index (χ0) is 24.9. The van der Waals surface area contributed by atoms with Crippen LogP contribution in [0.15, 0.2) is 72.6 Å². The highest BCUT2D eigenvalue weighted by molar-refractivity contribution is 6.46. The van der Waals surface area contributed by atoms with Gasteiger partial charge in [0, 0.05) is 24.5 Å². The lowest BCUT2D eigenvalue weighted by atomic mass is 9.95. The summed E-state index contributed by atoms with van der Waals surface area (Å²) in [5.74, 6) is -1.20. The van der Waals surface area contributed by atoms with Gasteiger partial charge in [-0.05, 0) is 53.9 Å². The van der Waals surface area contributed by atoms with Crippen LogP contribution in [0, 0.1) is 0 Å². The van der Waals surface area contributed by atoms with Gasteiger partial charge in [-0.1, -0.05) is 54.7 Å². The van der Waals surface area contributed by atoms with Gasteiger partial charge < -0.3 is 14.7 Å². The molecule has 1 aromatic heterocycles. The van der Waals surface area contributed by atoms with Gasteiger partial charge in [0.2, 0.25) is 0 Å². The van der Waals surface area contributed by atoms with Crippen molar-refractivity contribution in [3.8, 4) is 5.75 Å². The molecule has 1 aliphatic heterocycles. The Bertz CT molecular complexity index is 1280. The second-order valence-electron chi connectivity index (χ2n) is 8.19. The molecule has 180 valence electrons. The number of aromatic nitrogens is 1. The number of likely N-dealkylation sites (tertiary alicyclic amines) is 1. The van der Waals surface area contributed by atoms with Gasteiger partial charge in [-0.25, -0.2) is 0 Å². The highest BCUT2D eigenvalue weighted by Crippen LogP contribution is 2.42. The van der Waals surface area contributed by atoms with Crippen molar-refractivity contribution in [2.45, 2.75) is 32.4 Å². The summed E-state index contributed by atoms with van der Waals surface area (Å²) in [4.78, 5) is 31.8. The zero-order valence-electron chi connectivity index (χ0n) is 19.1. The average Bonchev–Trinajstić information content (AvgIpc) is 3.11. The fourth-order valence-electron chi connectivity index (χ4n) is 3.98. The molecule has 1 saturated heterocycles. The van der Waals surface area contributed by atoms with E-state index in [1.54, 1.807) is 67.0 Å². The molecule has 0 spiro atoms.